The number of phenols is 3. The Hall–Kier alpha value is -6.60. The standard InChI is InChI=1S/C71H83N3O10/c75-29-6-7-30-81-46-72-68-39-52-20-18-47(16-17-48-19-24-64(79)53(32-48)33-49-11-8-13-58(77)34-49)10-9-14-60-40-59(78)23-21-51-38-66(65(80)37-55(51)43-76)83-44-56-36-57(35-54-41-74(42-61(54)56)69(73-68)62(52)45-82-60)71-28-31-84-70(26-4-1-5-27-70)67(71)25-22-50-12-2-3-15-63(50)71/h2-3,8,11-13,15,19,24,32,34-39,41-42,47,59-60,67-68,72-73,75-80H,1,4-7,9-10,14,16-17,21-23,25-31,33,40,43-46H2. The Morgan fingerprint density at radius 1 is 0.774 bits per heavy atom. The zero-order chi connectivity index (χ0) is 57.6. The molecule has 6 aliphatic rings. The van der Waals surface area contributed by atoms with Crippen LogP contribution < -0.4 is 15.4 Å². The first-order chi connectivity index (χ1) is 41.1. The minimum Gasteiger partial charge on any atom is -0.508 e. The second kappa shape index (κ2) is 25.9. The number of aromatic nitrogens is 1. The number of hydrogen-bond donors (Lipinski definition) is 8. The number of benzene rings is 5. The number of nitrogens with zero attached hydrogens (tertiary/aromatic N) is 1. The van der Waals surface area contributed by atoms with Crippen molar-refractivity contribution in [2.24, 2.45) is 11.8 Å². The predicted molar refractivity (Wildman–Crippen MR) is 325 cm³/mol. The minimum absolute atomic E-state index is 0.0159. The first kappa shape index (κ1) is 57.8. The number of fused-ring (bicyclic) bond motifs is 10. The van der Waals surface area contributed by atoms with Gasteiger partial charge < -0.3 is 59.5 Å². The average molecular weight is 1140 g/mol. The lowest BCUT2D eigenvalue weighted by Gasteiger charge is -2.59. The number of ether oxygens (including phenoxy) is 4. The molecule has 6 atom stereocenters. The van der Waals surface area contributed by atoms with Gasteiger partial charge in [-0.1, -0.05) is 85.7 Å². The molecule has 1 saturated heterocycles. The zero-order valence-corrected chi connectivity index (χ0v) is 48.4. The molecule has 1 saturated carbocycles. The van der Waals surface area contributed by atoms with Crippen LogP contribution in [0.1, 0.15) is 146 Å². The lowest BCUT2D eigenvalue weighted by Crippen LogP contribution is -2.59. The summed E-state index contributed by atoms with van der Waals surface area (Å²) in [7, 11) is 0. The maximum atomic E-state index is 11.9. The Morgan fingerprint density at radius 3 is 2.52 bits per heavy atom. The summed E-state index contributed by atoms with van der Waals surface area (Å²) < 4.78 is 29.2. The van der Waals surface area contributed by atoms with Gasteiger partial charge in [0.05, 0.1) is 37.8 Å². The molecular weight excluding hydrogens is 1050 g/mol. The summed E-state index contributed by atoms with van der Waals surface area (Å²) in [5, 5.41) is 74.2. The molecule has 4 aliphatic heterocycles. The molecule has 13 heteroatoms. The summed E-state index contributed by atoms with van der Waals surface area (Å²) >= 11 is 0. The van der Waals surface area contributed by atoms with Crippen molar-refractivity contribution >= 4 is 16.6 Å². The monoisotopic (exact) mass is 1140 g/mol. The first-order valence-electron chi connectivity index (χ1n) is 31.1. The number of aryl methyl sites for hydroxylation is 3. The first-order valence-corrected chi connectivity index (χ1v) is 31.1. The lowest BCUT2D eigenvalue weighted by atomic mass is 9.51. The van der Waals surface area contributed by atoms with Crippen LogP contribution in [0.5, 0.6) is 23.0 Å². The van der Waals surface area contributed by atoms with E-state index in [1.807, 2.05) is 24.3 Å². The highest BCUT2D eigenvalue weighted by Crippen LogP contribution is 2.60. The van der Waals surface area contributed by atoms with Crippen LogP contribution in [0.4, 0.5) is 0 Å². The fourth-order valence-corrected chi connectivity index (χ4v) is 15.0. The predicted octanol–water partition coefficient (Wildman–Crippen LogP) is 11.3. The maximum absolute atomic E-state index is 11.9. The topological polar surface area (TPSA) is 187 Å². The molecule has 1 aromatic heterocycles. The second-order valence-electron chi connectivity index (χ2n) is 24.6. The lowest BCUT2D eigenvalue weighted by molar-refractivity contribution is -0.166. The highest BCUT2D eigenvalue weighted by atomic mass is 16.5. The SMILES string of the molecule is OCCCCOCNC1C=C2C#CC(CCc3ccc(O)c(Cc4cccc(O)c4)c3)CCCC3CC(O)CCc4cc(c(O)cc4CO)OCc4cc(C56CCOC7(CCCCC7)C5CCc5ccccc56)cc5cn(cc45)C(=C2CO3)N1. The van der Waals surface area contributed by atoms with Crippen molar-refractivity contribution < 1.29 is 49.6 Å². The van der Waals surface area contributed by atoms with Crippen LogP contribution in [0.15, 0.2) is 121 Å². The normalized spacial score (nSPS) is 24.1. The van der Waals surface area contributed by atoms with Gasteiger partial charge in [0, 0.05) is 77.8 Å². The number of phenolic OH excluding ortho intramolecular Hbond substituents is 3. The minimum atomic E-state index is -0.716. The van der Waals surface area contributed by atoms with E-state index in [2.05, 4.69) is 88.0 Å². The molecular formula is C71H83N3O10. The number of unbranched alkanes of at least 4 members (excludes halogenated alkanes) is 1. The highest BCUT2D eigenvalue weighted by molar-refractivity contribution is 5.89. The Balaban J connectivity index is 0.980. The summed E-state index contributed by atoms with van der Waals surface area (Å²) in [5.41, 5.74) is 10.5. The molecule has 442 valence electrons. The van der Waals surface area contributed by atoms with Gasteiger partial charge in [-0.25, -0.2) is 0 Å². The van der Waals surface area contributed by atoms with Crippen molar-refractivity contribution in [3.63, 3.8) is 0 Å². The van der Waals surface area contributed by atoms with Gasteiger partial charge in [0.15, 0.2) is 11.5 Å². The van der Waals surface area contributed by atoms with Crippen LogP contribution in [0.3, 0.4) is 0 Å². The number of nitrogens with one attached hydrogen (secondary N) is 2. The highest BCUT2D eigenvalue weighted by Gasteiger charge is 2.58. The van der Waals surface area contributed by atoms with Gasteiger partial charge in [-0.2, -0.15) is 0 Å². The van der Waals surface area contributed by atoms with Crippen molar-refractivity contribution in [1.82, 2.24) is 15.2 Å². The van der Waals surface area contributed by atoms with Crippen molar-refractivity contribution in [3.05, 3.63) is 171 Å². The average Bonchev–Trinajstić information content (AvgIpc) is 1.04. The molecule has 0 radical (unpaired) electrons. The molecule has 8 N–H and O–H groups in total. The largest absolute Gasteiger partial charge is 0.508 e. The molecule has 5 aromatic carbocycles. The van der Waals surface area contributed by atoms with Crippen molar-refractivity contribution in [1.29, 1.82) is 0 Å². The van der Waals surface area contributed by atoms with Crippen LogP contribution in [-0.4, -0.2) is 92.3 Å². The third-order valence-corrected chi connectivity index (χ3v) is 19.3. The van der Waals surface area contributed by atoms with Crippen LogP contribution in [0.25, 0.3) is 16.6 Å². The Bertz CT molecular complexity index is 3430. The molecule has 0 amide bonds. The van der Waals surface area contributed by atoms with Gasteiger partial charge in [0.25, 0.3) is 0 Å². The molecule has 1 spiro atoms. The van der Waals surface area contributed by atoms with Crippen LogP contribution in [0, 0.1) is 23.7 Å². The third-order valence-electron chi connectivity index (χ3n) is 19.3. The quantitative estimate of drug-likeness (QED) is 0.0293. The third kappa shape index (κ3) is 12.4. The Morgan fingerprint density at radius 2 is 1.65 bits per heavy atom. The number of aromatic hydroxyl groups is 3. The molecule has 2 fully saturated rings. The smallest absolute Gasteiger partial charge is 0.161 e. The van der Waals surface area contributed by atoms with Crippen LogP contribution in [-0.2, 0) is 58.5 Å². The van der Waals surface area contributed by atoms with Gasteiger partial charge in [0.1, 0.15) is 30.1 Å². The van der Waals surface area contributed by atoms with Gasteiger partial charge in [-0.15, -0.1) is 0 Å². The molecule has 84 heavy (non-hydrogen) atoms. The summed E-state index contributed by atoms with van der Waals surface area (Å²) in [5.74, 6) is 9.32. The van der Waals surface area contributed by atoms with Gasteiger partial charge in [-0.05, 0) is 189 Å². The number of rotatable bonds is 14. The van der Waals surface area contributed by atoms with Gasteiger partial charge >= 0.3 is 0 Å². The molecule has 2 aliphatic carbocycles. The Labute approximate surface area is 494 Å². The fourth-order valence-electron chi connectivity index (χ4n) is 15.0. The van der Waals surface area contributed by atoms with E-state index in [1.54, 1.807) is 24.3 Å². The number of dihydropyridines is 1. The number of hydrogen-bond acceptors (Lipinski definition) is 12. The van der Waals surface area contributed by atoms with Gasteiger partial charge in [-0.3, -0.25) is 5.32 Å². The molecule has 6 unspecified atom stereocenters. The van der Waals surface area contributed by atoms with Crippen LogP contribution in [0.2, 0.25) is 0 Å². The Kier molecular flexibility index (Phi) is 17.9. The summed E-state index contributed by atoms with van der Waals surface area (Å²) in [6, 6.07) is 30.3. The number of aliphatic hydroxyl groups is 3. The maximum Gasteiger partial charge on any atom is 0.161 e. The summed E-state index contributed by atoms with van der Waals surface area (Å²) in [6.45, 7) is 1.71. The summed E-state index contributed by atoms with van der Waals surface area (Å²) in [6.07, 6.45) is 20.9. The zero-order valence-electron chi connectivity index (χ0n) is 48.4. The van der Waals surface area contributed by atoms with E-state index in [-0.39, 0.29) is 85.5 Å². The number of aliphatic hydroxyl groups excluding tert-OH is 3. The van der Waals surface area contributed by atoms with E-state index in [9.17, 15) is 30.6 Å². The molecule has 5 heterocycles. The van der Waals surface area contributed by atoms with E-state index in [0.29, 0.717) is 63.1 Å². The molecule has 6 aromatic rings. The second-order valence-corrected chi connectivity index (χ2v) is 24.6. The fraction of sp³-hybridized carbons (Fsp3) is 0.465. The molecule has 12 rings (SSSR count). The molecule has 6 bridgehead atoms. The van der Waals surface area contributed by atoms with E-state index < -0.39 is 6.10 Å². The van der Waals surface area contributed by atoms with Crippen molar-refractivity contribution in [2.45, 2.75) is 165 Å². The molecule has 13 nitrogen and oxygen atoms in total. The van der Waals surface area contributed by atoms with Gasteiger partial charge in [0.2, 0.25) is 0 Å². The van der Waals surface area contributed by atoms with E-state index in [4.69, 9.17) is 18.9 Å². The van der Waals surface area contributed by atoms with E-state index >= 15 is 0 Å². The summed E-state index contributed by atoms with van der Waals surface area (Å²) in [4.78, 5) is 0. The van der Waals surface area contributed by atoms with E-state index in [1.165, 1.54) is 36.0 Å². The van der Waals surface area contributed by atoms with E-state index in [0.717, 1.165) is 120 Å². The van der Waals surface area contributed by atoms with Crippen LogP contribution >= 0.6 is 0 Å². The van der Waals surface area contributed by atoms with Crippen molar-refractivity contribution in [2.75, 3.05) is 33.2 Å². The van der Waals surface area contributed by atoms with Crippen molar-refractivity contribution in [3.8, 4) is 34.8 Å².